The molecule has 0 atom stereocenters. The number of amides is 2. The van der Waals surface area contributed by atoms with Gasteiger partial charge in [-0.05, 0) is 108 Å². The number of rotatable bonds is 4. The Kier molecular flexibility index (Phi) is 8.87. The first kappa shape index (κ1) is 33.9. The van der Waals surface area contributed by atoms with Gasteiger partial charge in [-0.3, -0.25) is 10.2 Å². The maximum atomic E-state index is 16.7. The third-order valence-electron chi connectivity index (χ3n) is 8.27. The lowest BCUT2D eigenvalue weighted by Gasteiger charge is -2.32. The van der Waals surface area contributed by atoms with Gasteiger partial charge in [0.1, 0.15) is 29.3 Å². The average Bonchev–Trinajstić information content (AvgIpc) is 3.00. The summed E-state index contributed by atoms with van der Waals surface area (Å²) in [6, 6.07) is 9.79. The molecular formula is C37H43FN6O5. The molecule has 0 spiro atoms. The number of hydrogen-bond donors (Lipinski definition) is 2. The summed E-state index contributed by atoms with van der Waals surface area (Å²) in [6.07, 6.45) is 2.68. The van der Waals surface area contributed by atoms with E-state index in [-0.39, 0.29) is 30.3 Å². The summed E-state index contributed by atoms with van der Waals surface area (Å²) >= 11 is 0. The second-order valence-corrected chi connectivity index (χ2v) is 14.6. The van der Waals surface area contributed by atoms with E-state index >= 15 is 4.39 Å². The number of pyridine rings is 2. The zero-order valence-electron chi connectivity index (χ0n) is 29.3. The monoisotopic (exact) mass is 670 g/mol. The van der Waals surface area contributed by atoms with Crippen molar-refractivity contribution in [1.29, 1.82) is 0 Å². The molecule has 12 heteroatoms. The lowest BCUT2D eigenvalue weighted by molar-refractivity contribution is 0.0565. The van der Waals surface area contributed by atoms with E-state index < -0.39 is 29.2 Å². The normalized spacial score (nSPS) is 14.8. The number of carbonyl (C=O) groups excluding carboxylic acids is 2. The molecule has 0 bridgehead atoms. The fourth-order valence-electron chi connectivity index (χ4n) is 6.10. The van der Waals surface area contributed by atoms with E-state index in [1.54, 1.807) is 60.6 Å². The topological polar surface area (TPSA) is 118 Å². The van der Waals surface area contributed by atoms with Crippen molar-refractivity contribution in [2.75, 3.05) is 42.3 Å². The summed E-state index contributed by atoms with van der Waals surface area (Å²) in [7, 11) is 2.11. The van der Waals surface area contributed by atoms with Gasteiger partial charge in [0.2, 0.25) is 5.88 Å². The van der Waals surface area contributed by atoms with Gasteiger partial charge in [0.25, 0.3) is 0 Å². The van der Waals surface area contributed by atoms with Gasteiger partial charge in [-0.15, -0.1) is 0 Å². The fraction of sp³-hybridized carbons (Fsp3) is 0.405. The van der Waals surface area contributed by atoms with Crippen LogP contribution in [0.25, 0.3) is 21.9 Å². The van der Waals surface area contributed by atoms with Crippen LogP contribution in [0.4, 0.5) is 36.9 Å². The smallest absolute Gasteiger partial charge is 0.415 e. The van der Waals surface area contributed by atoms with Gasteiger partial charge < -0.3 is 24.4 Å². The molecular weight excluding hydrogens is 627 g/mol. The number of nitrogens with one attached hydrogen (secondary N) is 2. The first-order valence-electron chi connectivity index (χ1n) is 16.4. The fourth-order valence-corrected chi connectivity index (χ4v) is 6.10. The number of anilines is 4. The maximum absolute atomic E-state index is 16.7. The zero-order chi connectivity index (χ0) is 35.2. The van der Waals surface area contributed by atoms with Crippen molar-refractivity contribution in [3.8, 4) is 17.0 Å². The van der Waals surface area contributed by atoms with E-state index in [9.17, 15) is 9.59 Å². The molecule has 2 aromatic heterocycles. The van der Waals surface area contributed by atoms with Crippen LogP contribution >= 0.6 is 0 Å². The molecule has 0 unspecified atom stereocenters. The Morgan fingerprint density at radius 1 is 0.939 bits per heavy atom. The Balaban J connectivity index is 1.45. The molecule has 2 N–H and O–H groups in total. The highest BCUT2D eigenvalue weighted by Gasteiger charge is 2.32. The van der Waals surface area contributed by atoms with Gasteiger partial charge in [-0.1, -0.05) is 6.07 Å². The van der Waals surface area contributed by atoms with Crippen molar-refractivity contribution in [3.05, 3.63) is 65.2 Å². The molecule has 0 saturated heterocycles. The summed E-state index contributed by atoms with van der Waals surface area (Å²) in [6.45, 7) is 14.7. The Hall–Kier alpha value is -4.97. The molecule has 4 aromatic rings. The van der Waals surface area contributed by atoms with E-state index in [1.165, 1.54) is 28.4 Å². The van der Waals surface area contributed by atoms with Crippen molar-refractivity contribution < 1.29 is 28.2 Å². The molecule has 2 amide bonds. The van der Waals surface area contributed by atoms with Crippen molar-refractivity contribution >= 4 is 45.8 Å². The summed E-state index contributed by atoms with van der Waals surface area (Å²) in [5.74, 6) is 0.0887. The minimum absolute atomic E-state index is 0.0880. The Morgan fingerprint density at radius 2 is 1.69 bits per heavy atom. The summed E-state index contributed by atoms with van der Waals surface area (Å²) in [4.78, 5) is 39.1. The summed E-state index contributed by atoms with van der Waals surface area (Å²) in [5.41, 5.74) is 3.38. The largest absolute Gasteiger partial charge is 0.474 e. The van der Waals surface area contributed by atoms with Crippen molar-refractivity contribution in [3.63, 3.8) is 0 Å². The first-order chi connectivity index (χ1) is 23.1. The molecule has 11 nitrogen and oxygen atoms in total. The molecule has 0 saturated carbocycles. The van der Waals surface area contributed by atoms with Crippen LogP contribution in [0.1, 0.15) is 58.2 Å². The van der Waals surface area contributed by atoms with Gasteiger partial charge in [0.15, 0.2) is 5.82 Å². The Morgan fingerprint density at radius 3 is 2.43 bits per heavy atom. The average molecular weight is 671 g/mol. The van der Waals surface area contributed by atoms with Crippen LogP contribution in [0.15, 0.2) is 42.7 Å². The van der Waals surface area contributed by atoms with Crippen LogP contribution in [-0.2, 0) is 22.4 Å². The molecule has 2 aliphatic rings. The molecule has 4 heterocycles. The third-order valence-corrected chi connectivity index (χ3v) is 8.27. The van der Waals surface area contributed by atoms with Crippen molar-refractivity contribution in [2.24, 2.45) is 0 Å². The van der Waals surface area contributed by atoms with Crippen LogP contribution in [0.5, 0.6) is 5.88 Å². The highest BCUT2D eigenvalue weighted by atomic mass is 19.1. The molecule has 2 aliphatic heterocycles. The zero-order valence-corrected chi connectivity index (χ0v) is 29.3. The molecule has 258 valence electrons. The number of aromatic nitrogens is 2. The molecule has 49 heavy (non-hydrogen) atoms. The van der Waals surface area contributed by atoms with Crippen LogP contribution in [0.2, 0.25) is 0 Å². The number of nitrogens with zero attached hydrogens (tertiary/aromatic N) is 4. The first-order valence-corrected chi connectivity index (χ1v) is 16.4. The van der Waals surface area contributed by atoms with E-state index in [4.69, 9.17) is 14.2 Å². The van der Waals surface area contributed by atoms with Gasteiger partial charge in [0, 0.05) is 47.7 Å². The van der Waals surface area contributed by atoms with Crippen LogP contribution in [0.3, 0.4) is 0 Å². The number of carbonyl (C=O) groups is 2. The van der Waals surface area contributed by atoms with Crippen molar-refractivity contribution in [2.45, 2.75) is 72.6 Å². The van der Waals surface area contributed by atoms with E-state index in [2.05, 4.69) is 44.7 Å². The van der Waals surface area contributed by atoms with E-state index in [0.717, 1.165) is 25.2 Å². The Labute approximate surface area is 285 Å². The van der Waals surface area contributed by atoms with E-state index in [1.807, 2.05) is 6.07 Å². The standard InChI is InChI=1S/C37H43FN6O5/c1-21-27(18-40-33-32(21)44(13-14-47-33)35(46)49-37(5,6)7)26-16-23-17-29(41-25-10-9-22-11-12-43(8)20-24(22)15-25)39-19-28(23)31(30(26)38)42-34(45)48-36(2,3)4/h9-10,15-19H,11-14,20H2,1-8H3,(H,39,41)(H,42,45). The second-order valence-electron chi connectivity index (χ2n) is 14.6. The SMILES string of the molecule is Cc1c(-c2cc3cc(Nc4ccc5c(c4)CN(C)CC5)ncc3c(NC(=O)OC(C)(C)C)c2F)cnc2c1N(C(=O)OC(C)(C)C)CCO2. The van der Waals surface area contributed by atoms with Gasteiger partial charge in [-0.2, -0.15) is 0 Å². The highest BCUT2D eigenvalue weighted by Crippen LogP contribution is 2.43. The number of halogens is 1. The van der Waals surface area contributed by atoms with Gasteiger partial charge >= 0.3 is 12.2 Å². The number of benzene rings is 2. The molecule has 0 radical (unpaired) electrons. The third kappa shape index (κ3) is 7.39. The minimum atomic E-state index is -0.809. The predicted molar refractivity (Wildman–Crippen MR) is 188 cm³/mol. The number of likely N-dealkylation sites (N-methyl/N-ethyl adjacent to an activating group) is 1. The Bertz CT molecular complexity index is 1950. The van der Waals surface area contributed by atoms with Gasteiger partial charge in [0.05, 0.1) is 12.2 Å². The number of hydrogen-bond acceptors (Lipinski definition) is 9. The van der Waals surface area contributed by atoms with Crippen LogP contribution < -0.4 is 20.3 Å². The van der Waals surface area contributed by atoms with Gasteiger partial charge in [-0.25, -0.2) is 23.9 Å². The number of ether oxygens (including phenoxy) is 3. The number of fused-ring (bicyclic) bond motifs is 3. The quantitative estimate of drug-likeness (QED) is 0.223. The van der Waals surface area contributed by atoms with Crippen molar-refractivity contribution in [1.82, 2.24) is 14.9 Å². The summed E-state index contributed by atoms with van der Waals surface area (Å²) < 4.78 is 33.7. The minimum Gasteiger partial charge on any atom is -0.474 e. The molecule has 2 aromatic carbocycles. The molecule has 0 fully saturated rings. The lowest BCUT2D eigenvalue weighted by atomic mass is 9.96. The summed E-state index contributed by atoms with van der Waals surface area (Å²) in [5, 5.41) is 7.01. The van der Waals surface area contributed by atoms with E-state index in [0.29, 0.717) is 33.4 Å². The molecule has 6 rings (SSSR count). The second kappa shape index (κ2) is 12.8. The predicted octanol–water partition coefficient (Wildman–Crippen LogP) is 7.96. The van der Waals surface area contributed by atoms with Crippen LogP contribution in [-0.4, -0.2) is 65.0 Å². The highest BCUT2D eigenvalue weighted by molar-refractivity contribution is 6.04. The van der Waals surface area contributed by atoms with Crippen LogP contribution in [0, 0.1) is 12.7 Å². The lowest BCUT2D eigenvalue weighted by Crippen LogP contribution is -2.42. The maximum Gasteiger partial charge on any atom is 0.415 e. The molecule has 0 aliphatic carbocycles.